The molecule has 0 aromatic heterocycles. The lowest BCUT2D eigenvalue weighted by Gasteiger charge is -1.84. The summed E-state index contributed by atoms with van der Waals surface area (Å²) in [5.74, 6) is -0.0342. The van der Waals surface area contributed by atoms with Crippen molar-refractivity contribution in [1.29, 1.82) is 0 Å². The minimum atomic E-state index is -3.43. The highest BCUT2D eigenvalue weighted by Crippen LogP contribution is 1.85. The topological polar surface area (TPSA) is 57.9 Å². The molecule has 0 heterocycles. The average molecular weight is 234 g/mol. The van der Waals surface area contributed by atoms with Gasteiger partial charge in [0.05, 0.1) is 5.75 Å². The molecule has 5 heteroatoms. The molecule has 1 N–H and O–H groups in total. The Morgan fingerprint density at radius 1 is 1.57 bits per heavy atom. The van der Waals surface area contributed by atoms with E-state index in [1.165, 1.54) is 0 Å². The fraction of sp³-hybridized carbons (Fsp3) is 1.00. The van der Waals surface area contributed by atoms with E-state index in [4.69, 9.17) is 5.14 Å². The Labute approximate surface area is 56.5 Å². The van der Waals surface area contributed by atoms with Gasteiger partial charge < -0.3 is 0 Å². The first-order valence-electron chi connectivity index (χ1n) is 1.59. The predicted molar refractivity (Wildman–Crippen MR) is 35.8 cm³/mol. The number of rotatable bonds is 2. The summed E-state index contributed by atoms with van der Waals surface area (Å²) in [6, 6.07) is 0. The first-order chi connectivity index (χ1) is 3.06. The van der Waals surface area contributed by atoms with Crippen molar-refractivity contribution in [1.82, 2.24) is 5.14 Å². The van der Waals surface area contributed by atoms with Crippen molar-refractivity contribution in [3.63, 3.8) is 0 Å². The van der Waals surface area contributed by atoms with E-state index in [0.29, 0.717) is 4.43 Å². The summed E-state index contributed by atoms with van der Waals surface area (Å²) in [6.07, 6.45) is 0. The van der Waals surface area contributed by atoms with Gasteiger partial charge in [-0.05, 0) is 0 Å². The molecule has 0 aliphatic heterocycles. The van der Waals surface area contributed by atoms with E-state index in [1.54, 1.807) is 0 Å². The summed E-state index contributed by atoms with van der Waals surface area (Å²) in [5, 5.41) is 6.30. The monoisotopic (exact) mass is 234 g/mol. The van der Waals surface area contributed by atoms with Crippen LogP contribution in [-0.2, 0) is 10.0 Å². The summed E-state index contributed by atoms with van der Waals surface area (Å²) in [6.45, 7) is 0. The Morgan fingerprint density at radius 2 is 2.00 bits per heavy atom. The zero-order chi connectivity index (χ0) is 5.91. The maximum absolute atomic E-state index is 9.89. The van der Waals surface area contributed by atoms with Gasteiger partial charge in [0.2, 0.25) is 10.0 Å². The molecule has 0 unspecified atom stereocenters. The number of hydrogen-bond donors (Lipinski definition) is 0. The van der Waals surface area contributed by atoms with E-state index in [2.05, 4.69) is 0 Å². The summed E-state index contributed by atoms with van der Waals surface area (Å²) in [4.78, 5) is 0. The molecule has 7 heavy (non-hydrogen) atoms. The van der Waals surface area contributed by atoms with Crippen LogP contribution in [0.5, 0.6) is 0 Å². The van der Waals surface area contributed by atoms with Gasteiger partial charge in [0, 0.05) is 4.43 Å². The van der Waals surface area contributed by atoms with Gasteiger partial charge >= 0.3 is 0 Å². The molecule has 0 aromatic rings. The van der Waals surface area contributed by atoms with Gasteiger partial charge in [-0.2, -0.15) is 0 Å². The third-order valence-electron chi connectivity index (χ3n) is 0.346. The van der Waals surface area contributed by atoms with Crippen LogP contribution in [0.25, 0.3) is 0 Å². The molecule has 0 rings (SSSR count). The van der Waals surface area contributed by atoms with Crippen molar-refractivity contribution >= 4 is 32.6 Å². The molecular weight excluding hydrogens is 229 g/mol. The SMILES string of the molecule is [NH]S(=O)(=O)CCI. The van der Waals surface area contributed by atoms with Crippen molar-refractivity contribution < 1.29 is 8.42 Å². The van der Waals surface area contributed by atoms with Gasteiger partial charge in [0.15, 0.2) is 0 Å². The standard InChI is InChI=1S/C2H5INO2S/c3-1-2-7(4,5)6/h4H,1-2H2. The number of nitrogens with one attached hydrogen (secondary N) is 1. The van der Waals surface area contributed by atoms with Gasteiger partial charge in [0.1, 0.15) is 0 Å². The van der Waals surface area contributed by atoms with Crippen molar-refractivity contribution in [3.8, 4) is 0 Å². The second kappa shape index (κ2) is 2.83. The normalized spacial score (nSPS) is 11.7. The highest BCUT2D eigenvalue weighted by atomic mass is 127. The Hall–Kier alpha value is 0.640. The summed E-state index contributed by atoms with van der Waals surface area (Å²) in [7, 11) is -3.43. The average Bonchev–Trinajstić information content (AvgIpc) is 1.30. The minimum absolute atomic E-state index is 0.0342. The van der Waals surface area contributed by atoms with Gasteiger partial charge in [-0.25, -0.2) is 8.42 Å². The largest absolute Gasteiger partial charge is 0.225 e. The number of hydrogen-bond acceptors (Lipinski definition) is 2. The van der Waals surface area contributed by atoms with Crippen molar-refractivity contribution in [2.45, 2.75) is 0 Å². The van der Waals surface area contributed by atoms with Crippen LogP contribution in [0.3, 0.4) is 0 Å². The molecule has 0 saturated heterocycles. The van der Waals surface area contributed by atoms with Crippen LogP contribution in [0.15, 0.2) is 0 Å². The van der Waals surface area contributed by atoms with Gasteiger partial charge in [-0.15, -0.1) is 5.14 Å². The Kier molecular flexibility index (Phi) is 3.09. The molecule has 43 valence electrons. The van der Waals surface area contributed by atoms with Gasteiger partial charge in [-0.1, -0.05) is 22.6 Å². The molecule has 0 bridgehead atoms. The van der Waals surface area contributed by atoms with Crippen LogP contribution in [0.2, 0.25) is 0 Å². The molecule has 3 nitrogen and oxygen atoms in total. The first-order valence-corrected chi connectivity index (χ1v) is 4.77. The van der Waals surface area contributed by atoms with E-state index in [-0.39, 0.29) is 5.75 Å². The van der Waals surface area contributed by atoms with Crippen LogP contribution < -0.4 is 5.14 Å². The Bertz CT molecular complexity index is 129. The lowest BCUT2D eigenvalue weighted by molar-refractivity contribution is 0.598. The second-order valence-electron chi connectivity index (χ2n) is 1.01. The van der Waals surface area contributed by atoms with Crippen LogP contribution in [0, 0.1) is 0 Å². The summed E-state index contributed by atoms with van der Waals surface area (Å²) in [5.41, 5.74) is 0. The van der Waals surface area contributed by atoms with Crippen LogP contribution in [-0.4, -0.2) is 18.6 Å². The lowest BCUT2D eigenvalue weighted by atomic mass is 11.0. The Balaban J connectivity index is 3.60. The Morgan fingerprint density at radius 3 is 2.00 bits per heavy atom. The molecule has 0 aliphatic rings. The number of sulfonamides is 1. The van der Waals surface area contributed by atoms with E-state index < -0.39 is 10.0 Å². The molecular formula is C2H5INO2S. The maximum atomic E-state index is 9.89. The fourth-order valence-corrected chi connectivity index (χ4v) is 2.04. The van der Waals surface area contributed by atoms with Crippen molar-refractivity contribution in [2.24, 2.45) is 0 Å². The third kappa shape index (κ3) is 6.64. The quantitative estimate of drug-likeness (QED) is 0.500. The highest BCUT2D eigenvalue weighted by molar-refractivity contribution is 14.1. The van der Waals surface area contributed by atoms with Gasteiger partial charge in [0.25, 0.3) is 0 Å². The number of halogens is 1. The summed E-state index contributed by atoms with van der Waals surface area (Å²) < 4.78 is 20.3. The van der Waals surface area contributed by atoms with Crippen molar-refractivity contribution in [2.75, 3.05) is 10.2 Å². The predicted octanol–water partition coefficient (Wildman–Crippen LogP) is 0.0341. The fourth-order valence-electron chi connectivity index (χ4n) is 0.102. The third-order valence-corrected chi connectivity index (χ3v) is 2.36. The molecule has 0 aromatic carbocycles. The molecule has 0 amide bonds. The lowest BCUT2D eigenvalue weighted by Crippen LogP contribution is -2.06. The van der Waals surface area contributed by atoms with Crippen LogP contribution in [0.1, 0.15) is 0 Å². The minimum Gasteiger partial charge on any atom is -0.211 e. The van der Waals surface area contributed by atoms with E-state index >= 15 is 0 Å². The molecule has 0 saturated carbocycles. The molecule has 0 aliphatic carbocycles. The van der Waals surface area contributed by atoms with E-state index in [0.717, 1.165) is 0 Å². The number of alkyl halides is 1. The zero-order valence-corrected chi connectivity index (χ0v) is 6.49. The second-order valence-corrected chi connectivity index (χ2v) is 3.72. The van der Waals surface area contributed by atoms with Crippen molar-refractivity contribution in [3.05, 3.63) is 0 Å². The van der Waals surface area contributed by atoms with Crippen LogP contribution >= 0.6 is 22.6 Å². The molecule has 0 fully saturated rings. The van der Waals surface area contributed by atoms with Crippen LogP contribution in [0.4, 0.5) is 0 Å². The highest BCUT2D eigenvalue weighted by Gasteiger charge is 1.98. The van der Waals surface area contributed by atoms with E-state index in [9.17, 15) is 8.42 Å². The molecule has 0 atom stereocenters. The van der Waals surface area contributed by atoms with E-state index in [1.807, 2.05) is 22.6 Å². The molecule has 1 radical (unpaired) electrons. The summed E-state index contributed by atoms with van der Waals surface area (Å²) >= 11 is 1.91. The zero-order valence-electron chi connectivity index (χ0n) is 3.52. The van der Waals surface area contributed by atoms with Gasteiger partial charge in [-0.3, -0.25) is 0 Å². The first kappa shape index (κ1) is 7.64. The maximum Gasteiger partial charge on any atom is 0.225 e. The smallest absolute Gasteiger partial charge is 0.211 e. The molecule has 0 spiro atoms.